The molecule has 6 nitrogen and oxygen atoms in total. The Morgan fingerprint density at radius 2 is 1.83 bits per heavy atom. The third-order valence-electron chi connectivity index (χ3n) is 3.87. The van der Waals surface area contributed by atoms with Gasteiger partial charge < -0.3 is 4.90 Å². The lowest BCUT2D eigenvalue weighted by Gasteiger charge is -2.24. The molecule has 8 heteroatoms. The number of carbonyl (C=O) groups is 2. The van der Waals surface area contributed by atoms with Crippen molar-refractivity contribution < 1.29 is 18.0 Å². The van der Waals surface area contributed by atoms with E-state index < -0.39 is 9.84 Å². The molecule has 2 aliphatic heterocycles. The van der Waals surface area contributed by atoms with Gasteiger partial charge >= 0.3 is 0 Å². The van der Waals surface area contributed by atoms with Crippen LogP contribution in [0.5, 0.6) is 0 Å². The fourth-order valence-corrected chi connectivity index (χ4v) is 6.82. The maximum absolute atomic E-state index is 11.9. The van der Waals surface area contributed by atoms with Crippen LogP contribution in [0, 0.1) is 0 Å². The van der Waals surface area contributed by atoms with Gasteiger partial charge in [0.1, 0.15) is 0 Å². The lowest BCUT2D eigenvalue weighted by molar-refractivity contribution is -0.115. The van der Waals surface area contributed by atoms with Gasteiger partial charge in [0, 0.05) is 23.4 Å². The second-order valence-corrected chi connectivity index (χ2v) is 9.05. The predicted molar refractivity (Wildman–Crippen MR) is 90.9 cm³/mol. The minimum absolute atomic E-state index is 0.0358. The molecule has 2 fully saturated rings. The van der Waals surface area contributed by atoms with Gasteiger partial charge in [-0.3, -0.25) is 9.59 Å². The van der Waals surface area contributed by atoms with Gasteiger partial charge in [-0.2, -0.15) is 4.99 Å². The first-order valence-electron chi connectivity index (χ1n) is 7.13. The molecule has 0 N–H and O–H groups in total. The first kappa shape index (κ1) is 16.2. The van der Waals surface area contributed by atoms with Crippen molar-refractivity contribution in [3.05, 3.63) is 29.8 Å². The van der Waals surface area contributed by atoms with Gasteiger partial charge in [0.25, 0.3) is 0 Å². The number of amides is 1. The highest BCUT2D eigenvalue weighted by atomic mass is 32.2. The molecular formula is C15H16N2O4S2. The van der Waals surface area contributed by atoms with Crippen molar-refractivity contribution in [3.8, 4) is 0 Å². The van der Waals surface area contributed by atoms with Crippen molar-refractivity contribution in [1.82, 2.24) is 0 Å². The topological polar surface area (TPSA) is 83.9 Å². The summed E-state index contributed by atoms with van der Waals surface area (Å²) in [4.78, 5) is 28.6. The van der Waals surface area contributed by atoms with Crippen LogP contribution in [0.2, 0.25) is 0 Å². The fraction of sp³-hybridized carbons (Fsp3) is 0.400. The molecule has 2 atom stereocenters. The van der Waals surface area contributed by atoms with Gasteiger partial charge in [-0.25, -0.2) is 8.42 Å². The molecule has 0 radical (unpaired) electrons. The zero-order valence-corrected chi connectivity index (χ0v) is 14.4. The average molecular weight is 352 g/mol. The van der Waals surface area contributed by atoms with E-state index in [4.69, 9.17) is 0 Å². The Labute approximate surface area is 138 Å². The summed E-state index contributed by atoms with van der Waals surface area (Å²) in [6, 6.07) is 6.70. The summed E-state index contributed by atoms with van der Waals surface area (Å²) in [5, 5.41) is 0.406. The zero-order chi connectivity index (χ0) is 16.8. The molecule has 122 valence electrons. The molecule has 2 saturated heterocycles. The van der Waals surface area contributed by atoms with E-state index in [1.54, 1.807) is 24.3 Å². The third kappa shape index (κ3) is 3.18. The van der Waals surface area contributed by atoms with Crippen molar-refractivity contribution in [2.45, 2.75) is 25.1 Å². The average Bonchev–Trinajstić information content (AvgIpc) is 2.89. The Morgan fingerprint density at radius 3 is 2.39 bits per heavy atom. The minimum Gasteiger partial charge on any atom is -0.316 e. The highest BCUT2D eigenvalue weighted by molar-refractivity contribution is 8.16. The molecule has 0 saturated carbocycles. The number of benzene rings is 1. The number of hydrogen-bond donors (Lipinski definition) is 0. The van der Waals surface area contributed by atoms with Crippen molar-refractivity contribution in [2.24, 2.45) is 4.99 Å². The largest absolute Gasteiger partial charge is 0.316 e. The predicted octanol–water partition coefficient (Wildman–Crippen LogP) is 1.51. The van der Waals surface area contributed by atoms with E-state index in [9.17, 15) is 18.0 Å². The summed E-state index contributed by atoms with van der Waals surface area (Å²) in [5.41, 5.74) is 1.33. The van der Waals surface area contributed by atoms with E-state index in [-0.39, 0.29) is 34.5 Å². The second kappa shape index (κ2) is 5.76. The Morgan fingerprint density at radius 1 is 1.17 bits per heavy atom. The molecule has 3 rings (SSSR count). The quantitative estimate of drug-likeness (QED) is 0.750. The third-order valence-corrected chi connectivity index (χ3v) is 7.08. The number of ketones is 1. The summed E-state index contributed by atoms with van der Waals surface area (Å²) < 4.78 is 23.8. The van der Waals surface area contributed by atoms with Gasteiger partial charge in [0.05, 0.1) is 17.5 Å². The first-order chi connectivity index (χ1) is 10.8. The first-order valence-corrected chi connectivity index (χ1v) is 9.83. The van der Waals surface area contributed by atoms with E-state index in [0.29, 0.717) is 10.7 Å². The van der Waals surface area contributed by atoms with Crippen molar-refractivity contribution >= 4 is 44.1 Å². The lowest BCUT2D eigenvalue weighted by Crippen LogP contribution is -2.37. The number of rotatable bonds is 2. The van der Waals surface area contributed by atoms with E-state index >= 15 is 0 Å². The van der Waals surface area contributed by atoms with Crippen LogP contribution in [0.4, 0.5) is 5.69 Å². The monoisotopic (exact) mass is 352 g/mol. The number of anilines is 1. The molecular weight excluding hydrogens is 336 g/mol. The number of carbonyl (C=O) groups excluding carboxylic acids is 2. The molecule has 23 heavy (non-hydrogen) atoms. The zero-order valence-electron chi connectivity index (χ0n) is 12.7. The van der Waals surface area contributed by atoms with Gasteiger partial charge in [-0.1, -0.05) is 11.8 Å². The number of aliphatic imine (C=N–C) groups is 1. The molecule has 1 amide bonds. The summed E-state index contributed by atoms with van der Waals surface area (Å²) in [5.74, 6) is -0.205. The van der Waals surface area contributed by atoms with Crippen LogP contribution in [0.3, 0.4) is 0 Å². The van der Waals surface area contributed by atoms with E-state index in [1.165, 1.54) is 25.6 Å². The molecule has 2 aliphatic rings. The van der Waals surface area contributed by atoms with Crippen molar-refractivity contribution in [1.29, 1.82) is 0 Å². The molecule has 0 bridgehead atoms. The second-order valence-electron chi connectivity index (χ2n) is 5.69. The summed E-state index contributed by atoms with van der Waals surface area (Å²) >= 11 is 1.33. The number of fused-ring (bicyclic) bond motifs is 1. The van der Waals surface area contributed by atoms with Crippen molar-refractivity contribution in [3.63, 3.8) is 0 Å². The number of thioether (sulfide) groups is 1. The Balaban J connectivity index is 2.00. The Kier molecular flexibility index (Phi) is 4.05. The standard InChI is InChI=1S/C15H16N2O4S2/c1-9(18)11-3-5-12(6-4-11)17-13-7-23(20,21)8-14(13)22-15(17)16-10(2)19/h3-6,13-14H,7-8H2,1-2H3/t13-,14+/m1/s1. The molecule has 0 aliphatic carbocycles. The van der Waals surface area contributed by atoms with Crippen LogP contribution in [0.1, 0.15) is 24.2 Å². The fourth-order valence-electron chi connectivity index (χ4n) is 2.86. The van der Waals surface area contributed by atoms with Gasteiger partial charge in [-0.05, 0) is 31.2 Å². The molecule has 1 aromatic carbocycles. The highest BCUT2D eigenvalue weighted by Gasteiger charge is 2.49. The molecule has 0 spiro atoms. The number of amidine groups is 1. The number of sulfone groups is 1. The maximum atomic E-state index is 11.9. The summed E-state index contributed by atoms with van der Waals surface area (Å²) in [6.45, 7) is 2.86. The number of nitrogens with zero attached hydrogens (tertiary/aromatic N) is 2. The molecule has 0 aromatic heterocycles. The van der Waals surface area contributed by atoms with Gasteiger partial charge in [-0.15, -0.1) is 0 Å². The van der Waals surface area contributed by atoms with Crippen LogP contribution in [-0.2, 0) is 14.6 Å². The van der Waals surface area contributed by atoms with Crippen LogP contribution >= 0.6 is 11.8 Å². The Bertz CT molecular complexity index is 799. The van der Waals surface area contributed by atoms with Crippen LogP contribution in [-0.4, -0.2) is 48.1 Å². The SMILES string of the molecule is CC(=O)N=C1S[C@H]2CS(=O)(=O)C[C@H]2N1c1ccc(C(C)=O)cc1. The molecule has 2 heterocycles. The Hall–Kier alpha value is -1.67. The van der Waals surface area contributed by atoms with E-state index in [0.717, 1.165) is 5.69 Å². The normalized spacial score (nSPS) is 27.2. The smallest absolute Gasteiger partial charge is 0.244 e. The number of hydrogen-bond acceptors (Lipinski definition) is 5. The van der Waals surface area contributed by atoms with Crippen LogP contribution in [0.15, 0.2) is 29.3 Å². The van der Waals surface area contributed by atoms with Crippen LogP contribution < -0.4 is 4.90 Å². The maximum Gasteiger partial charge on any atom is 0.244 e. The van der Waals surface area contributed by atoms with Crippen molar-refractivity contribution in [2.75, 3.05) is 16.4 Å². The minimum atomic E-state index is -3.08. The van der Waals surface area contributed by atoms with E-state index in [1.807, 2.05) is 4.90 Å². The van der Waals surface area contributed by atoms with Gasteiger partial charge in [0.15, 0.2) is 20.8 Å². The lowest BCUT2D eigenvalue weighted by atomic mass is 10.1. The van der Waals surface area contributed by atoms with Crippen LogP contribution in [0.25, 0.3) is 0 Å². The molecule has 1 aromatic rings. The summed E-state index contributed by atoms with van der Waals surface area (Å²) in [6.07, 6.45) is 0. The summed E-state index contributed by atoms with van der Waals surface area (Å²) in [7, 11) is -3.08. The number of Topliss-reactive ketones (excluding diaryl/α,β-unsaturated/α-hetero) is 1. The van der Waals surface area contributed by atoms with Gasteiger partial charge in [0.2, 0.25) is 5.91 Å². The molecule has 0 unspecified atom stereocenters. The highest BCUT2D eigenvalue weighted by Crippen LogP contribution is 2.40. The van der Waals surface area contributed by atoms with E-state index in [2.05, 4.69) is 4.99 Å².